The van der Waals surface area contributed by atoms with Crippen molar-refractivity contribution in [2.24, 2.45) is 7.05 Å². The molecule has 0 saturated carbocycles. The van der Waals surface area contributed by atoms with Gasteiger partial charge >= 0.3 is 5.97 Å². The zero-order valence-electron chi connectivity index (χ0n) is 10.4. The third-order valence-electron chi connectivity index (χ3n) is 3.29. The first kappa shape index (κ1) is 11.7. The van der Waals surface area contributed by atoms with Gasteiger partial charge in [0.15, 0.2) is 0 Å². The van der Waals surface area contributed by atoms with Crippen LogP contribution in [0.2, 0.25) is 0 Å². The number of carbonyl (C=O) groups is 1. The van der Waals surface area contributed by atoms with Crippen LogP contribution in [-0.4, -0.2) is 15.6 Å². The van der Waals surface area contributed by atoms with E-state index in [1.54, 1.807) is 0 Å². The zero-order chi connectivity index (χ0) is 12.6. The van der Waals surface area contributed by atoms with E-state index in [1.165, 1.54) is 5.52 Å². The van der Waals surface area contributed by atoms with Crippen LogP contribution in [-0.2, 0) is 11.8 Å². The molecule has 1 heterocycles. The lowest BCUT2D eigenvalue weighted by molar-refractivity contribution is -0.138. The van der Waals surface area contributed by atoms with Gasteiger partial charge in [0.25, 0.3) is 0 Å². The molecular weight excluding hydrogens is 214 g/mol. The number of aromatic nitrogens is 1. The van der Waals surface area contributed by atoms with Crippen molar-refractivity contribution in [1.29, 1.82) is 0 Å². The number of nitrogens with zero attached hydrogens (tertiary/aromatic N) is 1. The van der Waals surface area contributed by atoms with Gasteiger partial charge in [-0.15, -0.1) is 0 Å². The lowest BCUT2D eigenvalue weighted by Crippen LogP contribution is -2.10. The number of fused-ring (bicyclic) bond motifs is 1. The number of aryl methyl sites for hydroxylation is 2. The summed E-state index contributed by atoms with van der Waals surface area (Å²) in [7, 11) is 2.00. The summed E-state index contributed by atoms with van der Waals surface area (Å²) >= 11 is 0. The molecule has 0 aliphatic rings. The summed E-state index contributed by atoms with van der Waals surface area (Å²) in [6, 6.07) is 6.01. The Morgan fingerprint density at radius 1 is 1.47 bits per heavy atom. The summed E-state index contributed by atoms with van der Waals surface area (Å²) in [4.78, 5) is 11.2. The van der Waals surface area contributed by atoms with Crippen molar-refractivity contribution in [2.75, 3.05) is 0 Å². The Morgan fingerprint density at radius 2 is 2.18 bits per heavy atom. The van der Waals surface area contributed by atoms with E-state index in [4.69, 9.17) is 0 Å². The molecule has 0 radical (unpaired) electrons. The van der Waals surface area contributed by atoms with E-state index in [9.17, 15) is 9.90 Å². The highest BCUT2D eigenvalue weighted by atomic mass is 16.4. The minimum atomic E-state index is -0.748. The number of hydrogen-bond donors (Lipinski definition) is 1. The number of rotatable bonds is 3. The predicted octanol–water partition coefficient (Wildman–Crippen LogP) is 3.06. The van der Waals surface area contributed by atoms with E-state index < -0.39 is 11.9 Å². The van der Waals surface area contributed by atoms with Gasteiger partial charge in [-0.25, -0.2) is 0 Å². The van der Waals surface area contributed by atoms with Crippen LogP contribution in [0.3, 0.4) is 0 Å². The van der Waals surface area contributed by atoms with E-state index in [1.807, 2.05) is 45.3 Å². The fourth-order valence-electron chi connectivity index (χ4n) is 2.47. The Kier molecular flexibility index (Phi) is 2.92. The normalized spacial score (nSPS) is 12.9. The number of aliphatic carboxylic acids is 1. The molecule has 0 bridgehead atoms. The van der Waals surface area contributed by atoms with Crippen molar-refractivity contribution in [1.82, 2.24) is 4.57 Å². The van der Waals surface area contributed by atoms with Gasteiger partial charge in [-0.1, -0.05) is 13.0 Å². The van der Waals surface area contributed by atoms with Gasteiger partial charge in [-0.2, -0.15) is 0 Å². The summed E-state index contributed by atoms with van der Waals surface area (Å²) in [5.41, 5.74) is 3.20. The fourth-order valence-corrected chi connectivity index (χ4v) is 2.47. The van der Waals surface area contributed by atoms with Gasteiger partial charge < -0.3 is 9.67 Å². The molecule has 2 aromatic rings. The molecule has 0 aliphatic carbocycles. The van der Waals surface area contributed by atoms with Gasteiger partial charge in [-0.05, 0) is 36.6 Å². The molecule has 0 fully saturated rings. The lowest BCUT2D eigenvalue weighted by atomic mass is 9.94. The van der Waals surface area contributed by atoms with E-state index in [2.05, 4.69) is 4.57 Å². The van der Waals surface area contributed by atoms with Crippen LogP contribution >= 0.6 is 0 Å². The van der Waals surface area contributed by atoms with Crippen molar-refractivity contribution >= 4 is 16.9 Å². The molecule has 1 aromatic carbocycles. The maximum atomic E-state index is 11.2. The molecule has 17 heavy (non-hydrogen) atoms. The highest BCUT2D eigenvalue weighted by Crippen LogP contribution is 2.27. The molecule has 3 heteroatoms. The smallest absolute Gasteiger partial charge is 0.310 e. The average molecular weight is 231 g/mol. The van der Waals surface area contributed by atoms with Crippen molar-refractivity contribution < 1.29 is 9.90 Å². The Morgan fingerprint density at radius 3 is 2.76 bits per heavy atom. The second kappa shape index (κ2) is 4.24. The maximum absolute atomic E-state index is 11.2. The molecule has 3 nitrogen and oxygen atoms in total. The summed E-state index contributed by atoms with van der Waals surface area (Å²) in [5, 5.41) is 10.3. The van der Waals surface area contributed by atoms with Crippen LogP contribution in [0.5, 0.6) is 0 Å². The third kappa shape index (κ3) is 1.93. The summed E-state index contributed by atoms with van der Waals surface area (Å²) in [5.74, 6) is -1.15. The third-order valence-corrected chi connectivity index (χ3v) is 3.29. The van der Waals surface area contributed by atoms with Crippen molar-refractivity contribution in [3.05, 3.63) is 35.5 Å². The molecular formula is C14H17NO2. The number of benzene rings is 1. The first-order valence-corrected chi connectivity index (χ1v) is 5.83. The number of carboxylic acids is 1. The van der Waals surface area contributed by atoms with Gasteiger partial charge in [-0.3, -0.25) is 4.79 Å². The van der Waals surface area contributed by atoms with E-state index in [0.29, 0.717) is 6.42 Å². The topological polar surface area (TPSA) is 42.2 Å². The average Bonchev–Trinajstić information content (AvgIpc) is 2.61. The minimum absolute atomic E-state index is 0.404. The molecule has 1 atom stereocenters. The Balaban J connectivity index is 2.61. The van der Waals surface area contributed by atoms with Gasteiger partial charge in [0, 0.05) is 18.6 Å². The fraction of sp³-hybridized carbons (Fsp3) is 0.357. The standard InChI is InChI=1S/C14H17NO2/c1-4-12(14(16)17)11-7-9(2)13-10(8-11)5-6-15(13)3/h5-8,12H,4H2,1-3H3,(H,16,17). The molecule has 1 unspecified atom stereocenters. The summed E-state index contributed by atoms with van der Waals surface area (Å²) < 4.78 is 2.07. The van der Waals surface area contributed by atoms with Crippen LogP contribution in [0.1, 0.15) is 30.4 Å². The highest BCUT2D eigenvalue weighted by Gasteiger charge is 2.18. The molecule has 1 N–H and O–H groups in total. The molecule has 0 saturated heterocycles. The van der Waals surface area contributed by atoms with Gasteiger partial charge in [0.2, 0.25) is 0 Å². The van der Waals surface area contributed by atoms with Crippen LogP contribution < -0.4 is 0 Å². The van der Waals surface area contributed by atoms with Crippen molar-refractivity contribution in [3.63, 3.8) is 0 Å². The van der Waals surface area contributed by atoms with E-state index >= 15 is 0 Å². The van der Waals surface area contributed by atoms with E-state index in [0.717, 1.165) is 16.5 Å². The van der Waals surface area contributed by atoms with Crippen LogP contribution in [0.25, 0.3) is 10.9 Å². The van der Waals surface area contributed by atoms with Crippen LogP contribution in [0.4, 0.5) is 0 Å². The quantitative estimate of drug-likeness (QED) is 0.882. The molecule has 90 valence electrons. The summed E-state index contributed by atoms with van der Waals surface area (Å²) in [6.07, 6.45) is 2.62. The molecule has 2 rings (SSSR count). The Hall–Kier alpha value is -1.77. The maximum Gasteiger partial charge on any atom is 0.310 e. The first-order chi connectivity index (χ1) is 8.04. The SMILES string of the molecule is CCC(C(=O)O)c1cc(C)c2c(ccn2C)c1. The molecule has 0 aliphatic heterocycles. The van der Waals surface area contributed by atoms with Crippen LogP contribution in [0, 0.1) is 6.92 Å². The number of hydrogen-bond acceptors (Lipinski definition) is 1. The monoisotopic (exact) mass is 231 g/mol. The van der Waals surface area contributed by atoms with Crippen LogP contribution in [0.15, 0.2) is 24.4 Å². The van der Waals surface area contributed by atoms with Crippen molar-refractivity contribution in [3.8, 4) is 0 Å². The predicted molar refractivity (Wildman–Crippen MR) is 68.3 cm³/mol. The molecule has 0 amide bonds. The Labute approximate surface area is 101 Å². The van der Waals surface area contributed by atoms with Gasteiger partial charge in [0.1, 0.15) is 0 Å². The highest BCUT2D eigenvalue weighted by molar-refractivity contribution is 5.86. The Bertz CT molecular complexity index is 569. The molecule has 1 aromatic heterocycles. The molecule has 0 spiro atoms. The second-order valence-electron chi connectivity index (χ2n) is 4.50. The largest absolute Gasteiger partial charge is 0.481 e. The minimum Gasteiger partial charge on any atom is -0.481 e. The first-order valence-electron chi connectivity index (χ1n) is 5.83. The zero-order valence-corrected chi connectivity index (χ0v) is 10.4. The second-order valence-corrected chi connectivity index (χ2v) is 4.50. The van der Waals surface area contributed by atoms with Crippen molar-refractivity contribution in [2.45, 2.75) is 26.2 Å². The number of carboxylic acid groups (broad SMARTS) is 1. The van der Waals surface area contributed by atoms with Gasteiger partial charge in [0.05, 0.1) is 11.4 Å². The van der Waals surface area contributed by atoms with E-state index in [-0.39, 0.29) is 0 Å². The summed E-state index contributed by atoms with van der Waals surface area (Å²) in [6.45, 7) is 3.93. The lowest BCUT2D eigenvalue weighted by Gasteiger charge is -2.12.